The Kier molecular flexibility index (Phi) is 8.68. The monoisotopic (exact) mass is 612 g/mol. The van der Waals surface area contributed by atoms with Gasteiger partial charge in [-0.1, -0.05) is 35.9 Å². The molecule has 1 saturated heterocycles. The molecule has 212 valence electrons. The number of imidazole rings is 1. The van der Waals surface area contributed by atoms with Crippen molar-refractivity contribution in [1.82, 2.24) is 19.8 Å². The van der Waals surface area contributed by atoms with Crippen molar-refractivity contribution in [3.05, 3.63) is 116 Å². The number of aromatic nitrogens is 2. The standard InChI is InChI=1S/C32H29ClN6OS2/c33-30-10-9-29(42-30)32(40)38-14-12-37(13-15-38)27-7-5-25(6-8-27)31-26(11-16-41-31)18-35-19-28-20-36-22-39(28)21-24-3-1-23(17-34)2-4-24/h1-11,16,20,22,35H,12-15,18-19,21H2. The first-order chi connectivity index (χ1) is 20.6. The van der Waals surface area contributed by atoms with Crippen LogP contribution in [0.2, 0.25) is 4.34 Å². The summed E-state index contributed by atoms with van der Waals surface area (Å²) < 4.78 is 2.78. The summed E-state index contributed by atoms with van der Waals surface area (Å²) in [7, 11) is 0. The Morgan fingerprint density at radius 1 is 0.976 bits per heavy atom. The van der Waals surface area contributed by atoms with Gasteiger partial charge in [-0.05, 0) is 64.5 Å². The van der Waals surface area contributed by atoms with E-state index in [2.05, 4.69) is 61.5 Å². The molecule has 1 fully saturated rings. The number of hydrogen-bond donors (Lipinski definition) is 1. The Morgan fingerprint density at radius 2 is 1.76 bits per heavy atom. The number of anilines is 1. The lowest BCUT2D eigenvalue weighted by molar-refractivity contribution is 0.0751. The molecule has 10 heteroatoms. The van der Waals surface area contributed by atoms with Crippen molar-refractivity contribution in [3.8, 4) is 16.5 Å². The molecule has 4 heterocycles. The molecule has 1 amide bonds. The number of piperazine rings is 1. The highest BCUT2D eigenvalue weighted by atomic mass is 35.5. The van der Waals surface area contributed by atoms with E-state index in [0.717, 1.165) is 30.9 Å². The molecule has 2 aromatic carbocycles. The third-order valence-corrected chi connectivity index (χ3v) is 9.67. The quantitative estimate of drug-likeness (QED) is 0.206. The molecular weight excluding hydrogens is 584 g/mol. The van der Waals surface area contributed by atoms with Gasteiger partial charge in [-0.25, -0.2) is 4.98 Å². The Balaban J connectivity index is 1.02. The number of halogens is 1. The Morgan fingerprint density at radius 3 is 2.48 bits per heavy atom. The Bertz CT molecular complexity index is 1690. The number of thiophene rings is 2. The molecule has 6 rings (SSSR count). The van der Waals surface area contributed by atoms with Gasteiger partial charge in [-0.3, -0.25) is 4.79 Å². The highest BCUT2D eigenvalue weighted by Crippen LogP contribution is 2.32. The lowest BCUT2D eigenvalue weighted by Crippen LogP contribution is -2.48. The van der Waals surface area contributed by atoms with Gasteiger partial charge in [-0.2, -0.15) is 5.26 Å². The summed E-state index contributed by atoms with van der Waals surface area (Å²) in [5, 5.41) is 14.8. The van der Waals surface area contributed by atoms with Gasteiger partial charge < -0.3 is 19.7 Å². The molecule has 0 atom stereocenters. The van der Waals surface area contributed by atoms with Gasteiger partial charge in [-0.15, -0.1) is 22.7 Å². The number of benzene rings is 2. The normalized spacial score (nSPS) is 13.3. The zero-order valence-electron chi connectivity index (χ0n) is 22.9. The van der Waals surface area contributed by atoms with Gasteiger partial charge in [0.1, 0.15) is 0 Å². The smallest absolute Gasteiger partial charge is 0.264 e. The molecule has 0 bridgehead atoms. The number of amides is 1. The van der Waals surface area contributed by atoms with Crippen molar-refractivity contribution < 1.29 is 4.79 Å². The van der Waals surface area contributed by atoms with Gasteiger partial charge in [0.2, 0.25) is 0 Å². The summed E-state index contributed by atoms with van der Waals surface area (Å²) in [4.78, 5) is 23.3. The van der Waals surface area contributed by atoms with E-state index in [1.165, 1.54) is 33.0 Å². The second-order valence-electron chi connectivity index (χ2n) is 10.1. The van der Waals surface area contributed by atoms with Crippen LogP contribution in [0, 0.1) is 11.3 Å². The number of nitrogens with zero attached hydrogens (tertiary/aromatic N) is 5. The second-order valence-corrected chi connectivity index (χ2v) is 12.8. The number of nitrogens with one attached hydrogen (secondary N) is 1. The first-order valence-corrected chi connectivity index (χ1v) is 15.8. The summed E-state index contributed by atoms with van der Waals surface area (Å²) in [6.07, 6.45) is 3.75. The van der Waals surface area contributed by atoms with E-state index in [9.17, 15) is 4.79 Å². The highest BCUT2D eigenvalue weighted by Gasteiger charge is 2.23. The average molecular weight is 613 g/mol. The molecule has 1 aliphatic heterocycles. The molecule has 0 unspecified atom stereocenters. The summed E-state index contributed by atoms with van der Waals surface area (Å²) in [5.41, 5.74) is 6.57. The molecule has 0 radical (unpaired) electrons. The SMILES string of the molecule is N#Cc1ccc(Cn2cncc2CNCc2ccsc2-c2ccc(N3CCN(C(=O)c4ccc(Cl)s4)CC3)cc2)cc1. The first-order valence-electron chi connectivity index (χ1n) is 13.7. The van der Waals surface area contributed by atoms with Crippen molar-refractivity contribution in [2.24, 2.45) is 0 Å². The van der Waals surface area contributed by atoms with Gasteiger partial charge in [0.15, 0.2) is 0 Å². The number of rotatable bonds is 9. The van der Waals surface area contributed by atoms with Crippen LogP contribution in [-0.4, -0.2) is 46.5 Å². The molecule has 5 aromatic rings. The van der Waals surface area contributed by atoms with Gasteiger partial charge in [0.25, 0.3) is 5.91 Å². The topological polar surface area (TPSA) is 77.2 Å². The van der Waals surface area contributed by atoms with Crippen LogP contribution in [0.1, 0.15) is 32.1 Å². The zero-order valence-corrected chi connectivity index (χ0v) is 25.3. The molecule has 42 heavy (non-hydrogen) atoms. The van der Waals surface area contributed by atoms with Crippen molar-refractivity contribution in [3.63, 3.8) is 0 Å². The first kappa shape index (κ1) is 28.2. The molecule has 7 nitrogen and oxygen atoms in total. The van der Waals surface area contributed by atoms with E-state index in [-0.39, 0.29) is 5.91 Å². The van der Waals surface area contributed by atoms with E-state index in [1.54, 1.807) is 17.4 Å². The maximum atomic E-state index is 12.8. The van der Waals surface area contributed by atoms with E-state index in [4.69, 9.17) is 16.9 Å². The van der Waals surface area contributed by atoms with Gasteiger partial charge in [0, 0.05) is 62.6 Å². The number of hydrogen-bond acceptors (Lipinski definition) is 7. The van der Waals surface area contributed by atoms with Crippen LogP contribution >= 0.6 is 34.3 Å². The third-order valence-electron chi connectivity index (χ3n) is 7.45. The Labute approximate surface area is 258 Å². The minimum absolute atomic E-state index is 0.0662. The third kappa shape index (κ3) is 6.42. The minimum atomic E-state index is 0.0662. The maximum absolute atomic E-state index is 12.8. The average Bonchev–Trinajstić information content (AvgIpc) is 3.79. The van der Waals surface area contributed by atoms with Gasteiger partial charge in [0.05, 0.1) is 32.9 Å². The molecule has 1 N–H and O–H groups in total. The zero-order chi connectivity index (χ0) is 28.9. The van der Waals surface area contributed by atoms with E-state index < -0.39 is 0 Å². The van der Waals surface area contributed by atoms with Crippen LogP contribution in [0.3, 0.4) is 0 Å². The fourth-order valence-corrected chi connectivity index (χ4v) is 7.09. The predicted molar refractivity (Wildman–Crippen MR) is 170 cm³/mol. The largest absolute Gasteiger partial charge is 0.368 e. The fraction of sp³-hybridized carbons (Fsp3) is 0.219. The van der Waals surface area contributed by atoms with Crippen LogP contribution in [-0.2, 0) is 19.6 Å². The summed E-state index contributed by atoms with van der Waals surface area (Å²) >= 11 is 9.11. The second kappa shape index (κ2) is 12.9. The van der Waals surface area contributed by atoms with E-state index in [1.807, 2.05) is 47.8 Å². The molecule has 0 aliphatic carbocycles. The maximum Gasteiger partial charge on any atom is 0.264 e. The summed E-state index contributed by atoms with van der Waals surface area (Å²) in [6.45, 7) is 5.19. The van der Waals surface area contributed by atoms with E-state index >= 15 is 0 Å². The van der Waals surface area contributed by atoms with Crippen molar-refractivity contribution in [2.45, 2.75) is 19.6 Å². The molecule has 3 aromatic heterocycles. The molecule has 0 saturated carbocycles. The van der Waals surface area contributed by atoms with Gasteiger partial charge >= 0.3 is 0 Å². The lowest BCUT2D eigenvalue weighted by atomic mass is 10.1. The van der Waals surface area contributed by atoms with Crippen LogP contribution in [0.5, 0.6) is 0 Å². The van der Waals surface area contributed by atoms with Crippen molar-refractivity contribution >= 4 is 45.9 Å². The van der Waals surface area contributed by atoms with Crippen molar-refractivity contribution in [1.29, 1.82) is 5.26 Å². The summed E-state index contributed by atoms with van der Waals surface area (Å²) in [6, 6.07) is 24.4. The predicted octanol–water partition coefficient (Wildman–Crippen LogP) is 6.50. The lowest BCUT2D eigenvalue weighted by Gasteiger charge is -2.36. The number of carbonyl (C=O) groups excluding carboxylic acids is 1. The Hall–Kier alpha value is -3.94. The minimum Gasteiger partial charge on any atom is -0.368 e. The number of nitriles is 1. The van der Waals surface area contributed by atoms with Crippen LogP contribution in [0.25, 0.3) is 10.4 Å². The van der Waals surface area contributed by atoms with Crippen molar-refractivity contribution in [2.75, 3.05) is 31.1 Å². The molecular formula is C32H29ClN6OS2. The number of carbonyl (C=O) groups is 1. The van der Waals surface area contributed by atoms with E-state index in [0.29, 0.717) is 41.0 Å². The summed E-state index contributed by atoms with van der Waals surface area (Å²) in [5.74, 6) is 0.0662. The van der Waals surface area contributed by atoms with Crippen LogP contribution < -0.4 is 10.2 Å². The van der Waals surface area contributed by atoms with Crippen LogP contribution in [0.4, 0.5) is 5.69 Å². The van der Waals surface area contributed by atoms with Crippen LogP contribution in [0.15, 0.2) is 84.6 Å². The molecule has 0 spiro atoms. The molecule has 1 aliphatic rings. The fourth-order valence-electron chi connectivity index (χ4n) is 5.15. The highest BCUT2D eigenvalue weighted by molar-refractivity contribution is 7.18.